The number of hydrogen-bond donors (Lipinski definition) is 2. The zero-order valence-corrected chi connectivity index (χ0v) is 9.53. The van der Waals surface area contributed by atoms with E-state index in [1.54, 1.807) is 12.1 Å². The fourth-order valence-corrected chi connectivity index (χ4v) is 1.51. The maximum atomic E-state index is 9.13. The van der Waals surface area contributed by atoms with Crippen LogP contribution in [0, 0.1) is 0 Å². The van der Waals surface area contributed by atoms with Crippen LogP contribution in [0.1, 0.15) is 0 Å². The van der Waals surface area contributed by atoms with E-state index in [1.807, 2.05) is 36.4 Å². The summed E-state index contributed by atoms with van der Waals surface area (Å²) in [6.07, 6.45) is 0. The minimum absolute atomic E-state index is 0.274. The highest BCUT2D eigenvalue weighted by atomic mass is 79.9. The monoisotopic (exact) mass is 263 g/mol. The molecule has 0 spiro atoms. The second kappa shape index (κ2) is 4.36. The lowest BCUT2D eigenvalue weighted by atomic mass is 10.2. The summed E-state index contributed by atoms with van der Waals surface area (Å²) in [5.74, 6) is 0.274. The summed E-state index contributed by atoms with van der Waals surface area (Å²) in [6, 6.07) is 14.9. The van der Waals surface area contributed by atoms with Crippen LogP contribution in [0.3, 0.4) is 0 Å². The normalized spacial score (nSPS) is 9.93. The molecule has 0 aliphatic rings. The molecule has 3 heteroatoms. The highest BCUT2D eigenvalue weighted by Crippen LogP contribution is 2.20. The summed E-state index contributed by atoms with van der Waals surface area (Å²) in [6.45, 7) is 0. The molecule has 76 valence electrons. The van der Waals surface area contributed by atoms with E-state index in [-0.39, 0.29) is 5.75 Å². The number of phenolic OH excluding ortho intramolecular Hbond substituents is 1. The van der Waals surface area contributed by atoms with Crippen molar-refractivity contribution in [2.75, 3.05) is 5.32 Å². The molecule has 2 N–H and O–H groups in total. The van der Waals surface area contributed by atoms with Gasteiger partial charge in [0.2, 0.25) is 0 Å². The van der Waals surface area contributed by atoms with Gasteiger partial charge < -0.3 is 10.4 Å². The first-order valence-electron chi connectivity index (χ1n) is 4.56. The van der Waals surface area contributed by atoms with Crippen molar-refractivity contribution in [1.82, 2.24) is 0 Å². The molecular formula is C12H10BrNO. The summed E-state index contributed by atoms with van der Waals surface area (Å²) >= 11 is 3.38. The molecule has 0 atom stereocenters. The molecule has 0 aromatic heterocycles. The predicted molar refractivity (Wildman–Crippen MR) is 65.5 cm³/mol. The predicted octanol–water partition coefficient (Wildman–Crippen LogP) is 3.90. The molecule has 2 aromatic rings. The van der Waals surface area contributed by atoms with Crippen molar-refractivity contribution >= 4 is 27.3 Å². The van der Waals surface area contributed by atoms with Crippen LogP contribution in [0.4, 0.5) is 11.4 Å². The molecule has 0 saturated heterocycles. The van der Waals surface area contributed by atoms with E-state index in [9.17, 15) is 0 Å². The van der Waals surface area contributed by atoms with Crippen molar-refractivity contribution < 1.29 is 5.11 Å². The van der Waals surface area contributed by atoms with Crippen molar-refractivity contribution in [2.45, 2.75) is 0 Å². The number of aromatic hydroxyl groups is 1. The lowest BCUT2D eigenvalue weighted by Gasteiger charge is -2.06. The van der Waals surface area contributed by atoms with Gasteiger partial charge in [0, 0.05) is 15.8 Å². The number of hydrogen-bond acceptors (Lipinski definition) is 2. The van der Waals surface area contributed by atoms with Crippen LogP contribution in [0.15, 0.2) is 53.0 Å². The first-order chi connectivity index (χ1) is 7.24. The van der Waals surface area contributed by atoms with E-state index in [2.05, 4.69) is 21.2 Å². The molecule has 0 radical (unpaired) electrons. The molecule has 0 amide bonds. The fraction of sp³-hybridized carbons (Fsp3) is 0. The number of anilines is 2. The van der Waals surface area contributed by atoms with Gasteiger partial charge in [-0.05, 0) is 48.5 Å². The SMILES string of the molecule is Oc1ccc(Nc2ccc(Br)cc2)cc1. The number of halogens is 1. The van der Waals surface area contributed by atoms with Gasteiger partial charge in [-0.25, -0.2) is 0 Å². The van der Waals surface area contributed by atoms with Crippen molar-refractivity contribution in [3.63, 3.8) is 0 Å². The molecule has 2 nitrogen and oxygen atoms in total. The molecule has 0 bridgehead atoms. The summed E-state index contributed by atoms with van der Waals surface area (Å²) in [4.78, 5) is 0. The summed E-state index contributed by atoms with van der Waals surface area (Å²) < 4.78 is 1.05. The highest BCUT2D eigenvalue weighted by molar-refractivity contribution is 9.10. The highest BCUT2D eigenvalue weighted by Gasteiger charge is 1.94. The Morgan fingerprint density at radius 2 is 1.27 bits per heavy atom. The van der Waals surface area contributed by atoms with E-state index in [0.717, 1.165) is 15.8 Å². The third-order valence-corrected chi connectivity index (χ3v) is 2.53. The number of rotatable bonds is 2. The lowest BCUT2D eigenvalue weighted by Crippen LogP contribution is -1.88. The minimum atomic E-state index is 0.274. The van der Waals surface area contributed by atoms with Crippen LogP contribution in [-0.4, -0.2) is 5.11 Å². The van der Waals surface area contributed by atoms with Crippen LogP contribution < -0.4 is 5.32 Å². The van der Waals surface area contributed by atoms with Crippen molar-refractivity contribution in [3.05, 3.63) is 53.0 Å². The van der Waals surface area contributed by atoms with E-state index in [4.69, 9.17) is 5.11 Å². The summed E-state index contributed by atoms with van der Waals surface area (Å²) in [5, 5.41) is 12.4. The quantitative estimate of drug-likeness (QED) is 0.806. The van der Waals surface area contributed by atoms with Gasteiger partial charge >= 0.3 is 0 Å². The molecule has 0 aliphatic heterocycles. The number of phenols is 1. The molecule has 0 unspecified atom stereocenters. The Bertz CT molecular complexity index is 393. The fourth-order valence-electron chi connectivity index (χ4n) is 1.24. The van der Waals surface area contributed by atoms with Gasteiger partial charge in [-0.15, -0.1) is 0 Å². The largest absolute Gasteiger partial charge is 0.508 e. The number of benzene rings is 2. The van der Waals surface area contributed by atoms with Crippen molar-refractivity contribution in [3.8, 4) is 5.75 Å². The molecule has 2 rings (SSSR count). The third kappa shape index (κ3) is 2.73. The Labute approximate surface area is 96.7 Å². The minimum Gasteiger partial charge on any atom is -0.508 e. The van der Waals surface area contributed by atoms with Crippen molar-refractivity contribution in [2.24, 2.45) is 0 Å². The average molecular weight is 264 g/mol. The van der Waals surface area contributed by atoms with E-state index < -0.39 is 0 Å². The maximum absolute atomic E-state index is 9.13. The van der Waals surface area contributed by atoms with Crippen molar-refractivity contribution in [1.29, 1.82) is 0 Å². The molecule has 0 heterocycles. The van der Waals surface area contributed by atoms with Crippen LogP contribution >= 0.6 is 15.9 Å². The van der Waals surface area contributed by atoms with Crippen LogP contribution in [0.25, 0.3) is 0 Å². The third-order valence-electron chi connectivity index (χ3n) is 2.00. The van der Waals surface area contributed by atoms with Gasteiger partial charge in [0.1, 0.15) is 5.75 Å². The summed E-state index contributed by atoms with van der Waals surface area (Å²) in [5.41, 5.74) is 1.97. The second-order valence-electron chi connectivity index (χ2n) is 3.18. The van der Waals surface area contributed by atoms with Gasteiger partial charge in [-0.3, -0.25) is 0 Å². The smallest absolute Gasteiger partial charge is 0.115 e. The molecule has 15 heavy (non-hydrogen) atoms. The van der Waals surface area contributed by atoms with Gasteiger partial charge in [-0.2, -0.15) is 0 Å². The van der Waals surface area contributed by atoms with Gasteiger partial charge in [0.15, 0.2) is 0 Å². The van der Waals surface area contributed by atoms with E-state index in [1.165, 1.54) is 0 Å². The molecule has 0 aliphatic carbocycles. The lowest BCUT2D eigenvalue weighted by molar-refractivity contribution is 0.475. The van der Waals surface area contributed by atoms with Gasteiger partial charge in [-0.1, -0.05) is 15.9 Å². The van der Waals surface area contributed by atoms with Crippen LogP contribution in [0.2, 0.25) is 0 Å². The van der Waals surface area contributed by atoms with Crippen LogP contribution in [0.5, 0.6) is 5.75 Å². The average Bonchev–Trinajstić information content (AvgIpc) is 2.25. The summed E-state index contributed by atoms with van der Waals surface area (Å²) in [7, 11) is 0. The first-order valence-corrected chi connectivity index (χ1v) is 5.35. The topological polar surface area (TPSA) is 32.3 Å². The zero-order chi connectivity index (χ0) is 10.7. The standard InChI is InChI=1S/C12H10BrNO/c13-9-1-3-10(4-2-9)14-11-5-7-12(15)8-6-11/h1-8,14-15H. The Morgan fingerprint density at radius 1 is 0.800 bits per heavy atom. The van der Waals surface area contributed by atoms with Gasteiger partial charge in [0.05, 0.1) is 0 Å². The van der Waals surface area contributed by atoms with Crippen LogP contribution in [-0.2, 0) is 0 Å². The van der Waals surface area contributed by atoms with Gasteiger partial charge in [0.25, 0.3) is 0 Å². The Balaban J connectivity index is 2.15. The first kappa shape index (κ1) is 10.1. The zero-order valence-electron chi connectivity index (χ0n) is 7.94. The molecular weight excluding hydrogens is 254 g/mol. The molecule has 0 saturated carbocycles. The molecule has 2 aromatic carbocycles. The number of nitrogens with one attached hydrogen (secondary N) is 1. The Morgan fingerprint density at radius 3 is 1.80 bits per heavy atom. The van der Waals surface area contributed by atoms with E-state index in [0.29, 0.717) is 0 Å². The Kier molecular flexibility index (Phi) is 2.92. The van der Waals surface area contributed by atoms with E-state index >= 15 is 0 Å². The molecule has 0 fully saturated rings. The Hall–Kier alpha value is -1.48. The second-order valence-corrected chi connectivity index (χ2v) is 4.09. The maximum Gasteiger partial charge on any atom is 0.115 e.